The Morgan fingerprint density at radius 3 is 2.56 bits per heavy atom. The molecule has 1 rings (SSSR count). The van der Waals surface area contributed by atoms with Gasteiger partial charge < -0.3 is 4.74 Å². The number of cyclic esters (lactones) is 1. The second-order valence-electron chi connectivity index (χ2n) is 3.31. The Labute approximate surface area is 96.3 Å². The molecule has 0 unspecified atom stereocenters. The van der Waals surface area contributed by atoms with Gasteiger partial charge in [-0.1, -0.05) is 49.8 Å². The molecule has 0 aromatic carbocycles. The fourth-order valence-electron chi connectivity index (χ4n) is 1.11. The molecule has 1 aliphatic rings. The van der Waals surface area contributed by atoms with Crippen molar-refractivity contribution < 1.29 is 9.53 Å². The van der Waals surface area contributed by atoms with Crippen molar-refractivity contribution in [2.24, 2.45) is 0 Å². The summed E-state index contributed by atoms with van der Waals surface area (Å²) in [4.78, 5) is 10.7. The fourth-order valence-corrected chi connectivity index (χ4v) is 1.11. The summed E-state index contributed by atoms with van der Waals surface area (Å²) in [6.07, 6.45) is 18.9. The van der Waals surface area contributed by atoms with Crippen LogP contribution >= 0.6 is 0 Å². The van der Waals surface area contributed by atoms with E-state index < -0.39 is 0 Å². The quantitative estimate of drug-likeness (QED) is 0.519. The van der Waals surface area contributed by atoms with Crippen LogP contribution in [0.2, 0.25) is 0 Å². The Morgan fingerprint density at radius 2 is 1.88 bits per heavy atom. The molecule has 0 saturated carbocycles. The van der Waals surface area contributed by atoms with Crippen LogP contribution in [0.5, 0.6) is 0 Å². The number of rotatable bonds is 5. The molecule has 2 nitrogen and oxygen atoms in total. The predicted molar refractivity (Wildman–Crippen MR) is 65.6 cm³/mol. The van der Waals surface area contributed by atoms with Gasteiger partial charge in [0, 0.05) is 6.08 Å². The molecule has 0 aromatic rings. The van der Waals surface area contributed by atoms with E-state index in [0.717, 1.165) is 6.42 Å². The summed E-state index contributed by atoms with van der Waals surface area (Å²) in [5.41, 5.74) is 0. The van der Waals surface area contributed by atoms with E-state index in [1.807, 2.05) is 30.4 Å². The number of carbonyl (C=O) groups excluding carboxylic acids is 1. The van der Waals surface area contributed by atoms with Crippen LogP contribution in [-0.4, -0.2) is 5.97 Å². The number of hydrogen-bond acceptors (Lipinski definition) is 2. The van der Waals surface area contributed by atoms with E-state index in [-0.39, 0.29) is 5.97 Å². The minimum absolute atomic E-state index is 0.308. The third-order valence-corrected chi connectivity index (χ3v) is 1.90. The lowest BCUT2D eigenvalue weighted by Crippen LogP contribution is -1.89. The normalized spacial score (nSPS) is 18.6. The van der Waals surface area contributed by atoms with E-state index in [9.17, 15) is 4.79 Å². The summed E-state index contributed by atoms with van der Waals surface area (Å²) < 4.78 is 4.84. The van der Waals surface area contributed by atoms with Crippen molar-refractivity contribution >= 4 is 5.97 Å². The van der Waals surface area contributed by atoms with Crippen LogP contribution in [0.3, 0.4) is 0 Å². The summed E-state index contributed by atoms with van der Waals surface area (Å²) in [6.45, 7) is 2.15. The first-order chi connectivity index (χ1) is 7.83. The van der Waals surface area contributed by atoms with Crippen molar-refractivity contribution in [1.82, 2.24) is 0 Å². The number of hydrogen-bond donors (Lipinski definition) is 0. The van der Waals surface area contributed by atoms with E-state index in [1.54, 1.807) is 12.2 Å². The highest BCUT2D eigenvalue weighted by molar-refractivity contribution is 5.86. The maximum absolute atomic E-state index is 10.7. The number of carbonyl (C=O) groups is 1. The van der Waals surface area contributed by atoms with Crippen molar-refractivity contribution in [3.8, 4) is 0 Å². The van der Waals surface area contributed by atoms with Crippen LogP contribution in [-0.2, 0) is 9.53 Å². The minimum Gasteiger partial charge on any atom is -0.423 e. The Balaban J connectivity index is 2.27. The minimum atomic E-state index is -0.308. The van der Waals surface area contributed by atoms with Crippen LogP contribution < -0.4 is 0 Å². The third-order valence-electron chi connectivity index (χ3n) is 1.90. The summed E-state index contributed by atoms with van der Waals surface area (Å²) in [5.74, 6) is 0.272. The monoisotopic (exact) mass is 216 g/mol. The topological polar surface area (TPSA) is 26.3 Å². The highest BCUT2D eigenvalue weighted by Gasteiger charge is 2.06. The lowest BCUT2D eigenvalue weighted by Gasteiger charge is -1.90. The molecule has 16 heavy (non-hydrogen) atoms. The molecular formula is C14H16O2. The smallest absolute Gasteiger partial charge is 0.336 e. The molecule has 0 spiro atoms. The van der Waals surface area contributed by atoms with Gasteiger partial charge in [-0.15, -0.1) is 0 Å². The Kier molecular flexibility index (Phi) is 5.71. The van der Waals surface area contributed by atoms with E-state index in [2.05, 4.69) is 13.0 Å². The highest BCUT2D eigenvalue weighted by Crippen LogP contribution is 2.08. The first-order valence-corrected chi connectivity index (χ1v) is 5.43. The maximum atomic E-state index is 10.7. The van der Waals surface area contributed by atoms with Crippen LogP contribution in [0, 0.1) is 0 Å². The van der Waals surface area contributed by atoms with Crippen molar-refractivity contribution in [2.45, 2.75) is 19.8 Å². The van der Waals surface area contributed by atoms with Gasteiger partial charge in [0.15, 0.2) is 0 Å². The molecular weight excluding hydrogens is 200 g/mol. The molecule has 0 radical (unpaired) electrons. The van der Waals surface area contributed by atoms with Gasteiger partial charge in [0.25, 0.3) is 0 Å². The summed E-state index contributed by atoms with van der Waals surface area (Å²) in [6, 6.07) is 0. The van der Waals surface area contributed by atoms with Crippen LogP contribution in [0.15, 0.2) is 60.4 Å². The van der Waals surface area contributed by atoms with Crippen LogP contribution in [0.25, 0.3) is 0 Å². The average molecular weight is 216 g/mol. The van der Waals surface area contributed by atoms with Gasteiger partial charge in [-0.2, -0.15) is 0 Å². The molecule has 0 fully saturated rings. The Hall–Kier alpha value is -1.83. The van der Waals surface area contributed by atoms with Gasteiger partial charge in [-0.05, 0) is 18.6 Å². The van der Waals surface area contributed by atoms with E-state index >= 15 is 0 Å². The van der Waals surface area contributed by atoms with Crippen molar-refractivity contribution in [1.29, 1.82) is 0 Å². The number of allylic oxidation sites excluding steroid dienone is 8. The maximum Gasteiger partial charge on any atom is 0.336 e. The highest BCUT2D eigenvalue weighted by atomic mass is 16.5. The van der Waals surface area contributed by atoms with Gasteiger partial charge in [0.1, 0.15) is 5.76 Å². The third kappa shape index (κ3) is 5.15. The second-order valence-corrected chi connectivity index (χ2v) is 3.31. The molecule has 2 heteroatoms. The molecule has 0 bridgehead atoms. The lowest BCUT2D eigenvalue weighted by molar-refractivity contribution is -0.132. The number of ether oxygens (including phenoxy) is 1. The first kappa shape index (κ1) is 12.2. The molecule has 0 N–H and O–H groups in total. The van der Waals surface area contributed by atoms with Crippen molar-refractivity contribution in [3.05, 3.63) is 60.4 Å². The first-order valence-electron chi connectivity index (χ1n) is 5.43. The Bertz CT molecular complexity index is 368. The zero-order valence-corrected chi connectivity index (χ0v) is 9.43. The molecule has 1 heterocycles. The zero-order valence-electron chi connectivity index (χ0n) is 9.43. The van der Waals surface area contributed by atoms with E-state index in [1.165, 1.54) is 12.5 Å². The molecule has 0 atom stereocenters. The number of unbranched alkanes of at least 4 members (excludes halogenated alkanes) is 1. The summed E-state index contributed by atoms with van der Waals surface area (Å²) in [7, 11) is 0. The molecule has 0 saturated heterocycles. The van der Waals surface area contributed by atoms with Crippen LogP contribution in [0.1, 0.15) is 19.8 Å². The number of esters is 1. The Morgan fingerprint density at radius 1 is 1.12 bits per heavy atom. The van der Waals surface area contributed by atoms with Gasteiger partial charge in [0.2, 0.25) is 0 Å². The van der Waals surface area contributed by atoms with E-state index in [4.69, 9.17) is 4.74 Å². The van der Waals surface area contributed by atoms with Gasteiger partial charge >= 0.3 is 5.97 Å². The van der Waals surface area contributed by atoms with Gasteiger partial charge in [-0.25, -0.2) is 4.79 Å². The second kappa shape index (κ2) is 7.46. The average Bonchev–Trinajstić information content (AvgIpc) is 2.68. The van der Waals surface area contributed by atoms with Gasteiger partial charge in [0.05, 0.1) is 0 Å². The lowest BCUT2D eigenvalue weighted by atomic mass is 10.3. The SMILES string of the molecule is CCC/C=C/C=C/C=C/C=C1/C=CC(=O)O1. The molecule has 0 aromatic heterocycles. The molecule has 0 aliphatic carbocycles. The zero-order chi connectivity index (χ0) is 11.6. The largest absolute Gasteiger partial charge is 0.423 e. The van der Waals surface area contributed by atoms with Crippen molar-refractivity contribution in [2.75, 3.05) is 0 Å². The standard InChI is InChI=1S/C14H16O2/c1-2-3-4-5-6-7-8-9-10-13-11-12-14(15)16-13/h4-12H,2-3H2,1H3/b5-4+,7-6+,9-8+,13-10-. The van der Waals surface area contributed by atoms with Crippen LogP contribution in [0.4, 0.5) is 0 Å². The van der Waals surface area contributed by atoms with E-state index in [0.29, 0.717) is 5.76 Å². The molecule has 1 aliphatic heterocycles. The summed E-state index contributed by atoms with van der Waals surface area (Å²) >= 11 is 0. The molecule has 84 valence electrons. The molecule has 0 amide bonds. The fraction of sp³-hybridized carbons (Fsp3) is 0.214. The van der Waals surface area contributed by atoms with Crippen molar-refractivity contribution in [3.63, 3.8) is 0 Å². The summed E-state index contributed by atoms with van der Waals surface area (Å²) in [5, 5.41) is 0. The van der Waals surface area contributed by atoms with Gasteiger partial charge in [-0.3, -0.25) is 0 Å². The predicted octanol–water partition coefficient (Wildman–Crippen LogP) is 3.45.